The van der Waals surface area contributed by atoms with Gasteiger partial charge < -0.3 is 9.84 Å². The van der Waals surface area contributed by atoms with Gasteiger partial charge in [0, 0.05) is 12.3 Å². The third kappa shape index (κ3) is 3.41. The minimum atomic E-state index is -0.140. The Balaban J connectivity index is 1.83. The number of hydrogen-bond donors (Lipinski definition) is 1. The molecule has 1 heterocycles. The van der Waals surface area contributed by atoms with Gasteiger partial charge in [-0.25, -0.2) is 0 Å². The predicted molar refractivity (Wildman–Crippen MR) is 91.9 cm³/mol. The molecule has 1 radical (unpaired) electrons. The number of carbonyl (C=O) groups is 1. The summed E-state index contributed by atoms with van der Waals surface area (Å²) >= 11 is 0. The minimum absolute atomic E-state index is 0.140. The molecule has 4 heteroatoms. The van der Waals surface area contributed by atoms with Crippen molar-refractivity contribution in [1.82, 2.24) is 0 Å². The van der Waals surface area contributed by atoms with E-state index < -0.39 is 0 Å². The quantitative estimate of drug-likeness (QED) is 0.680. The Kier molecular flexibility index (Phi) is 4.70. The van der Waals surface area contributed by atoms with Crippen molar-refractivity contribution in [3.05, 3.63) is 53.6 Å². The first kappa shape index (κ1) is 15.7. The number of ether oxygens (including phenoxy) is 1. The van der Waals surface area contributed by atoms with Crippen molar-refractivity contribution in [3.63, 3.8) is 0 Å². The highest BCUT2D eigenvalue weighted by atomic mass is 16.5. The first-order valence-electron chi connectivity index (χ1n) is 8.11. The number of hydrogen-bond acceptors (Lipinski definition) is 3. The summed E-state index contributed by atoms with van der Waals surface area (Å²) in [5.41, 5.74) is 4.75. The second kappa shape index (κ2) is 6.90. The number of rotatable bonds is 5. The molecule has 1 N–H and O–H groups in total. The Labute approximate surface area is 137 Å². The van der Waals surface area contributed by atoms with E-state index in [4.69, 9.17) is 4.74 Å². The molecule has 23 heavy (non-hydrogen) atoms. The summed E-state index contributed by atoms with van der Waals surface area (Å²) in [6.45, 7) is 2.25. The van der Waals surface area contributed by atoms with E-state index in [0.29, 0.717) is 13.0 Å². The van der Waals surface area contributed by atoms with E-state index in [2.05, 4.69) is 19.4 Å². The lowest BCUT2D eigenvalue weighted by Crippen LogP contribution is -2.39. The van der Waals surface area contributed by atoms with E-state index in [1.54, 1.807) is 6.07 Å². The molecular formula is C19H20BO3. The van der Waals surface area contributed by atoms with E-state index >= 15 is 0 Å². The third-order valence-electron chi connectivity index (χ3n) is 4.31. The van der Waals surface area contributed by atoms with Gasteiger partial charge in [-0.15, -0.1) is 0 Å². The van der Waals surface area contributed by atoms with Crippen LogP contribution in [0.3, 0.4) is 0 Å². The zero-order chi connectivity index (χ0) is 16.2. The van der Waals surface area contributed by atoms with Gasteiger partial charge in [0.15, 0.2) is 7.28 Å². The number of fused-ring (bicyclic) bond motifs is 2. The van der Waals surface area contributed by atoms with Crippen LogP contribution in [0.1, 0.15) is 43.2 Å². The molecule has 0 saturated heterocycles. The van der Waals surface area contributed by atoms with Gasteiger partial charge in [-0.1, -0.05) is 41.3 Å². The fourth-order valence-electron chi connectivity index (χ4n) is 3.28. The molecule has 0 fully saturated rings. The van der Waals surface area contributed by atoms with Crippen molar-refractivity contribution < 1.29 is 14.6 Å². The number of phenolic OH excluding ortho intramolecular Hbond substituents is 1. The molecular weight excluding hydrogens is 287 g/mol. The molecule has 1 aliphatic heterocycles. The minimum Gasteiger partial charge on any atom is -0.508 e. The van der Waals surface area contributed by atoms with Gasteiger partial charge in [-0.2, -0.15) is 0 Å². The van der Waals surface area contributed by atoms with E-state index in [9.17, 15) is 9.90 Å². The molecule has 2 aromatic rings. The highest BCUT2D eigenvalue weighted by Crippen LogP contribution is 2.31. The monoisotopic (exact) mass is 307 g/mol. The third-order valence-corrected chi connectivity index (χ3v) is 4.31. The predicted octanol–water partition coefficient (Wildman–Crippen LogP) is 2.23. The second-order valence-electron chi connectivity index (χ2n) is 5.84. The van der Waals surface area contributed by atoms with Gasteiger partial charge in [0.25, 0.3) is 0 Å². The molecule has 0 aliphatic carbocycles. The highest BCUT2D eigenvalue weighted by molar-refractivity contribution is 6.69. The van der Waals surface area contributed by atoms with Crippen LogP contribution in [-0.4, -0.2) is 25.0 Å². The number of phenols is 1. The molecule has 117 valence electrons. The molecule has 1 atom stereocenters. The molecule has 3 rings (SSSR count). The molecule has 1 aliphatic rings. The molecule has 0 saturated carbocycles. The SMILES string of the molecule is CCOC(=O)CCCC1c2ccccc2[B]c2ccc(O)cc21. The van der Waals surface area contributed by atoms with Crippen LogP contribution in [-0.2, 0) is 9.53 Å². The van der Waals surface area contributed by atoms with Gasteiger partial charge in [-0.05, 0) is 43.0 Å². The maximum Gasteiger partial charge on any atom is 0.305 e. The van der Waals surface area contributed by atoms with Crippen LogP contribution in [0.25, 0.3) is 0 Å². The Bertz CT molecular complexity index is 712. The summed E-state index contributed by atoms with van der Waals surface area (Å²) < 4.78 is 5.00. The second-order valence-corrected chi connectivity index (χ2v) is 5.84. The maximum absolute atomic E-state index is 11.6. The summed E-state index contributed by atoms with van der Waals surface area (Å²) in [6.07, 6.45) is 2.07. The topological polar surface area (TPSA) is 46.5 Å². The average molecular weight is 307 g/mol. The number of aromatic hydroxyl groups is 1. The lowest BCUT2D eigenvalue weighted by atomic mass is 9.54. The normalized spacial score (nSPS) is 15.3. The maximum atomic E-state index is 11.6. The van der Waals surface area contributed by atoms with Crippen LogP contribution in [0.2, 0.25) is 0 Å². The van der Waals surface area contributed by atoms with Gasteiger partial charge >= 0.3 is 5.97 Å². The van der Waals surface area contributed by atoms with Crippen molar-refractivity contribution in [2.24, 2.45) is 0 Å². The Hall–Kier alpha value is -2.23. The van der Waals surface area contributed by atoms with Crippen molar-refractivity contribution in [2.75, 3.05) is 6.61 Å². The zero-order valence-electron chi connectivity index (χ0n) is 13.3. The van der Waals surface area contributed by atoms with Crippen LogP contribution in [0.5, 0.6) is 5.75 Å². The van der Waals surface area contributed by atoms with Crippen LogP contribution < -0.4 is 10.9 Å². The van der Waals surface area contributed by atoms with Crippen molar-refractivity contribution >= 4 is 24.2 Å². The van der Waals surface area contributed by atoms with Crippen LogP contribution in [0.15, 0.2) is 42.5 Å². The van der Waals surface area contributed by atoms with Crippen molar-refractivity contribution in [2.45, 2.75) is 32.1 Å². The van der Waals surface area contributed by atoms with E-state index in [0.717, 1.165) is 23.9 Å². The molecule has 0 aromatic heterocycles. The number of benzene rings is 2. The lowest BCUT2D eigenvalue weighted by molar-refractivity contribution is -0.143. The summed E-state index contributed by atoms with van der Waals surface area (Å²) in [4.78, 5) is 11.6. The largest absolute Gasteiger partial charge is 0.508 e. The summed E-state index contributed by atoms with van der Waals surface area (Å²) in [7, 11) is 2.16. The highest BCUT2D eigenvalue weighted by Gasteiger charge is 2.26. The molecule has 2 aromatic carbocycles. The van der Waals surface area contributed by atoms with Gasteiger partial charge in [0.1, 0.15) is 5.75 Å². The average Bonchev–Trinajstić information content (AvgIpc) is 2.55. The first-order valence-corrected chi connectivity index (χ1v) is 8.11. The van der Waals surface area contributed by atoms with Crippen LogP contribution in [0, 0.1) is 0 Å². The fraction of sp³-hybridized carbons (Fsp3) is 0.316. The molecule has 0 bridgehead atoms. The summed E-state index contributed by atoms with van der Waals surface area (Å²) in [5, 5.41) is 9.85. The van der Waals surface area contributed by atoms with E-state index in [1.165, 1.54) is 11.0 Å². The van der Waals surface area contributed by atoms with Gasteiger partial charge in [0.05, 0.1) is 6.61 Å². The zero-order valence-corrected chi connectivity index (χ0v) is 13.3. The summed E-state index contributed by atoms with van der Waals surface area (Å²) in [6, 6.07) is 13.8. The van der Waals surface area contributed by atoms with E-state index in [-0.39, 0.29) is 17.6 Å². The van der Waals surface area contributed by atoms with Crippen molar-refractivity contribution in [3.8, 4) is 5.75 Å². The van der Waals surface area contributed by atoms with Crippen molar-refractivity contribution in [1.29, 1.82) is 0 Å². The fourth-order valence-corrected chi connectivity index (χ4v) is 3.28. The Morgan fingerprint density at radius 2 is 1.96 bits per heavy atom. The molecule has 3 nitrogen and oxygen atoms in total. The van der Waals surface area contributed by atoms with Gasteiger partial charge in [0.2, 0.25) is 0 Å². The Morgan fingerprint density at radius 1 is 1.17 bits per heavy atom. The summed E-state index contributed by atoms with van der Waals surface area (Å²) in [5.74, 6) is 0.346. The van der Waals surface area contributed by atoms with Gasteiger partial charge in [-0.3, -0.25) is 4.79 Å². The first-order chi connectivity index (χ1) is 11.2. The van der Waals surface area contributed by atoms with Crippen LogP contribution >= 0.6 is 0 Å². The molecule has 0 amide bonds. The standard InChI is InChI=1S/C19H20BO3/c1-2-23-19(22)9-5-7-14-15-6-3-4-8-17(15)20-18-11-10-13(21)12-16(14)18/h3-4,6,8,10-12,14,21H,2,5,7,9H2,1H3. The number of carbonyl (C=O) groups excluding carboxylic acids is 1. The smallest absolute Gasteiger partial charge is 0.305 e. The van der Waals surface area contributed by atoms with E-state index in [1.807, 2.05) is 31.2 Å². The molecule has 1 unspecified atom stereocenters. The molecule has 0 spiro atoms. The number of esters is 1. The Morgan fingerprint density at radius 3 is 2.78 bits per heavy atom. The van der Waals surface area contributed by atoms with Crippen LogP contribution in [0.4, 0.5) is 0 Å². The lowest BCUT2D eigenvalue weighted by Gasteiger charge is -2.28.